The van der Waals surface area contributed by atoms with Gasteiger partial charge in [-0.3, -0.25) is 4.90 Å². The van der Waals surface area contributed by atoms with E-state index in [0.717, 1.165) is 13.1 Å². The zero-order valence-corrected chi connectivity index (χ0v) is 9.66. The average Bonchev–Trinajstić information content (AvgIpc) is 2.17. The fourth-order valence-electron chi connectivity index (χ4n) is 2.43. The molecule has 0 bridgehead atoms. The lowest BCUT2D eigenvalue weighted by atomic mass is 9.90. The van der Waals surface area contributed by atoms with Crippen LogP contribution in [-0.2, 0) is 0 Å². The summed E-state index contributed by atoms with van der Waals surface area (Å²) in [5, 5.41) is 0. The van der Waals surface area contributed by atoms with Crippen LogP contribution in [0.4, 0.5) is 0 Å². The Hall–Kier alpha value is -0.860. The maximum atomic E-state index is 5.60. The van der Waals surface area contributed by atoms with Gasteiger partial charge in [0.15, 0.2) is 0 Å². The summed E-state index contributed by atoms with van der Waals surface area (Å²) in [6.45, 7) is 7.35. The molecular formula is C13H20N2. The lowest BCUT2D eigenvalue weighted by molar-refractivity contribution is 0.0946. The van der Waals surface area contributed by atoms with Crippen LogP contribution in [0.3, 0.4) is 0 Å². The van der Waals surface area contributed by atoms with Crippen LogP contribution in [-0.4, -0.2) is 24.5 Å². The SMILES string of the molecule is Cc1ccc(C2CCN2CCN)c(C)c1. The van der Waals surface area contributed by atoms with E-state index in [2.05, 4.69) is 36.9 Å². The zero-order valence-electron chi connectivity index (χ0n) is 9.66. The molecule has 1 atom stereocenters. The van der Waals surface area contributed by atoms with Gasteiger partial charge in [-0.25, -0.2) is 0 Å². The van der Waals surface area contributed by atoms with E-state index in [1.807, 2.05) is 0 Å². The summed E-state index contributed by atoms with van der Waals surface area (Å²) in [5.41, 5.74) is 9.85. The topological polar surface area (TPSA) is 29.3 Å². The Labute approximate surface area is 92.1 Å². The van der Waals surface area contributed by atoms with Crippen molar-refractivity contribution in [2.75, 3.05) is 19.6 Å². The van der Waals surface area contributed by atoms with Crippen LogP contribution >= 0.6 is 0 Å². The minimum absolute atomic E-state index is 0.620. The highest BCUT2D eigenvalue weighted by atomic mass is 15.2. The van der Waals surface area contributed by atoms with Crippen LogP contribution in [0.1, 0.15) is 29.2 Å². The van der Waals surface area contributed by atoms with Gasteiger partial charge in [-0.15, -0.1) is 0 Å². The van der Waals surface area contributed by atoms with Crippen LogP contribution in [0.25, 0.3) is 0 Å². The molecule has 1 heterocycles. The Morgan fingerprint density at radius 3 is 2.73 bits per heavy atom. The quantitative estimate of drug-likeness (QED) is 0.816. The van der Waals surface area contributed by atoms with Gasteiger partial charge in [-0.1, -0.05) is 23.8 Å². The maximum absolute atomic E-state index is 5.60. The van der Waals surface area contributed by atoms with Gasteiger partial charge < -0.3 is 5.73 Å². The molecule has 0 aliphatic carbocycles. The molecule has 2 N–H and O–H groups in total. The van der Waals surface area contributed by atoms with Crippen molar-refractivity contribution in [1.82, 2.24) is 4.90 Å². The number of nitrogens with two attached hydrogens (primary N) is 1. The van der Waals surface area contributed by atoms with Crippen molar-refractivity contribution in [3.05, 3.63) is 34.9 Å². The molecule has 0 saturated carbocycles. The number of aryl methyl sites for hydroxylation is 2. The van der Waals surface area contributed by atoms with Gasteiger partial charge in [-0.05, 0) is 31.4 Å². The third-order valence-electron chi connectivity index (χ3n) is 3.33. The highest BCUT2D eigenvalue weighted by Gasteiger charge is 2.29. The molecule has 1 aliphatic heterocycles. The van der Waals surface area contributed by atoms with Crippen molar-refractivity contribution in [1.29, 1.82) is 0 Å². The van der Waals surface area contributed by atoms with E-state index < -0.39 is 0 Å². The number of hydrogen-bond acceptors (Lipinski definition) is 2. The summed E-state index contributed by atoms with van der Waals surface area (Å²) in [4.78, 5) is 2.47. The second-order valence-electron chi connectivity index (χ2n) is 4.49. The zero-order chi connectivity index (χ0) is 10.8. The van der Waals surface area contributed by atoms with Crippen molar-refractivity contribution in [3.8, 4) is 0 Å². The fraction of sp³-hybridized carbons (Fsp3) is 0.538. The second kappa shape index (κ2) is 4.33. The van der Waals surface area contributed by atoms with Crippen LogP contribution in [0, 0.1) is 13.8 Å². The first kappa shape index (κ1) is 10.7. The van der Waals surface area contributed by atoms with E-state index in [1.54, 1.807) is 0 Å². The van der Waals surface area contributed by atoms with Gasteiger partial charge in [0.1, 0.15) is 0 Å². The minimum Gasteiger partial charge on any atom is -0.329 e. The number of hydrogen-bond donors (Lipinski definition) is 1. The summed E-state index contributed by atoms with van der Waals surface area (Å²) >= 11 is 0. The standard InChI is InChI=1S/C13H20N2/c1-10-3-4-12(11(2)9-10)13-5-7-15(13)8-6-14/h3-4,9,13H,5-8,14H2,1-2H3. The van der Waals surface area contributed by atoms with Gasteiger partial charge in [0.05, 0.1) is 0 Å². The highest BCUT2D eigenvalue weighted by Crippen LogP contribution is 2.34. The molecule has 2 rings (SSSR count). The molecule has 1 aliphatic rings. The third kappa shape index (κ3) is 2.06. The van der Waals surface area contributed by atoms with E-state index in [9.17, 15) is 0 Å². The molecule has 15 heavy (non-hydrogen) atoms. The van der Waals surface area contributed by atoms with Gasteiger partial charge >= 0.3 is 0 Å². The Balaban J connectivity index is 2.15. The van der Waals surface area contributed by atoms with E-state index in [4.69, 9.17) is 5.73 Å². The molecule has 82 valence electrons. The van der Waals surface area contributed by atoms with E-state index in [-0.39, 0.29) is 0 Å². The first-order valence-electron chi connectivity index (χ1n) is 5.73. The summed E-state index contributed by atoms with van der Waals surface area (Å²) in [7, 11) is 0. The molecule has 0 radical (unpaired) electrons. The monoisotopic (exact) mass is 204 g/mol. The number of likely N-dealkylation sites (tertiary alicyclic amines) is 1. The second-order valence-corrected chi connectivity index (χ2v) is 4.49. The molecule has 1 aromatic rings. The molecule has 2 nitrogen and oxygen atoms in total. The molecular weight excluding hydrogens is 184 g/mol. The lowest BCUT2D eigenvalue weighted by Gasteiger charge is -2.41. The number of nitrogens with zero attached hydrogens (tertiary/aromatic N) is 1. The summed E-state index contributed by atoms with van der Waals surface area (Å²) in [6, 6.07) is 7.38. The summed E-state index contributed by atoms with van der Waals surface area (Å²) in [6.07, 6.45) is 1.28. The number of rotatable bonds is 3. The van der Waals surface area contributed by atoms with Crippen molar-refractivity contribution in [2.24, 2.45) is 5.73 Å². The highest BCUT2D eigenvalue weighted by molar-refractivity contribution is 5.33. The van der Waals surface area contributed by atoms with Crippen LogP contribution in [0.15, 0.2) is 18.2 Å². The van der Waals surface area contributed by atoms with Crippen LogP contribution in [0.2, 0.25) is 0 Å². The van der Waals surface area contributed by atoms with E-state index in [0.29, 0.717) is 6.04 Å². The van der Waals surface area contributed by atoms with Gasteiger partial charge in [0.2, 0.25) is 0 Å². The van der Waals surface area contributed by atoms with Crippen molar-refractivity contribution in [3.63, 3.8) is 0 Å². The van der Waals surface area contributed by atoms with Crippen molar-refractivity contribution >= 4 is 0 Å². The fourth-order valence-corrected chi connectivity index (χ4v) is 2.43. The molecule has 1 unspecified atom stereocenters. The third-order valence-corrected chi connectivity index (χ3v) is 3.33. The molecule has 2 heteroatoms. The predicted octanol–water partition coefficient (Wildman–Crippen LogP) is 2.01. The first-order valence-corrected chi connectivity index (χ1v) is 5.73. The van der Waals surface area contributed by atoms with Crippen molar-refractivity contribution < 1.29 is 0 Å². The van der Waals surface area contributed by atoms with Gasteiger partial charge in [-0.2, -0.15) is 0 Å². The molecule has 0 spiro atoms. The largest absolute Gasteiger partial charge is 0.329 e. The smallest absolute Gasteiger partial charge is 0.0363 e. The Kier molecular flexibility index (Phi) is 3.08. The molecule has 1 aromatic carbocycles. The number of benzene rings is 1. The maximum Gasteiger partial charge on any atom is 0.0363 e. The van der Waals surface area contributed by atoms with Crippen LogP contribution in [0.5, 0.6) is 0 Å². The van der Waals surface area contributed by atoms with E-state index >= 15 is 0 Å². The van der Waals surface area contributed by atoms with Crippen molar-refractivity contribution in [2.45, 2.75) is 26.3 Å². The Bertz CT molecular complexity index is 346. The predicted molar refractivity (Wildman–Crippen MR) is 63.9 cm³/mol. The minimum atomic E-state index is 0.620. The molecule has 0 aromatic heterocycles. The Morgan fingerprint density at radius 1 is 1.40 bits per heavy atom. The molecule has 1 saturated heterocycles. The Morgan fingerprint density at radius 2 is 2.20 bits per heavy atom. The summed E-state index contributed by atoms with van der Waals surface area (Å²) in [5.74, 6) is 0. The van der Waals surface area contributed by atoms with Gasteiger partial charge in [0, 0.05) is 25.7 Å². The average molecular weight is 204 g/mol. The first-order chi connectivity index (χ1) is 7.22. The summed E-state index contributed by atoms with van der Waals surface area (Å²) < 4.78 is 0. The molecule has 0 amide bonds. The lowest BCUT2D eigenvalue weighted by Crippen LogP contribution is -2.43. The molecule has 1 fully saturated rings. The normalized spacial score (nSPS) is 21.4. The van der Waals surface area contributed by atoms with Gasteiger partial charge in [0.25, 0.3) is 0 Å². The van der Waals surface area contributed by atoms with Crippen LogP contribution < -0.4 is 5.73 Å². The van der Waals surface area contributed by atoms with E-state index in [1.165, 1.54) is 29.7 Å².